The van der Waals surface area contributed by atoms with E-state index < -0.39 is 0 Å². The second-order valence-electron chi connectivity index (χ2n) is 6.10. The van der Waals surface area contributed by atoms with E-state index in [1.807, 2.05) is 42.5 Å². The number of hydrogen-bond donors (Lipinski definition) is 1. The van der Waals surface area contributed by atoms with E-state index in [2.05, 4.69) is 15.1 Å². The van der Waals surface area contributed by atoms with Crippen molar-refractivity contribution in [1.82, 2.24) is 19.7 Å². The molecule has 7 nitrogen and oxygen atoms in total. The van der Waals surface area contributed by atoms with Crippen LogP contribution in [0, 0.1) is 0 Å². The number of benzene rings is 2. The first-order valence-electron chi connectivity index (χ1n) is 8.43. The van der Waals surface area contributed by atoms with Gasteiger partial charge in [-0.15, -0.1) is 0 Å². The molecule has 0 aliphatic carbocycles. The van der Waals surface area contributed by atoms with Gasteiger partial charge in [0.1, 0.15) is 5.39 Å². The molecule has 0 bridgehead atoms. The van der Waals surface area contributed by atoms with Gasteiger partial charge in [-0.1, -0.05) is 41.6 Å². The lowest BCUT2D eigenvalue weighted by Gasteiger charge is -2.06. The summed E-state index contributed by atoms with van der Waals surface area (Å²) < 4.78 is 12.4. The van der Waals surface area contributed by atoms with Gasteiger partial charge < -0.3 is 14.5 Å². The van der Waals surface area contributed by atoms with Gasteiger partial charge >= 0.3 is 0 Å². The minimum absolute atomic E-state index is 0.167. The highest BCUT2D eigenvalue weighted by atomic mass is 35.5. The summed E-state index contributed by atoms with van der Waals surface area (Å²) >= 11 is 7.64. The molecule has 0 saturated heterocycles. The van der Waals surface area contributed by atoms with Gasteiger partial charge in [0, 0.05) is 5.75 Å². The molecule has 0 spiro atoms. The Morgan fingerprint density at radius 1 is 1.21 bits per heavy atom. The van der Waals surface area contributed by atoms with Gasteiger partial charge in [-0.2, -0.15) is 5.10 Å². The SMILES string of the molecule is O=c1[nH]c(SCc2cc(Cl)c3c(c2)OCO3)nc2c1cnn2-c1ccccc1. The summed E-state index contributed by atoms with van der Waals surface area (Å²) in [6.45, 7) is 0.167. The van der Waals surface area contributed by atoms with Crippen molar-refractivity contribution in [2.75, 3.05) is 6.79 Å². The molecule has 9 heteroatoms. The topological polar surface area (TPSA) is 82.0 Å². The van der Waals surface area contributed by atoms with Crippen LogP contribution in [-0.2, 0) is 5.75 Å². The summed E-state index contributed by atoms with van der Waals surface area (Å²) in [5.74, 6) is 1.75. The van der Waals surface area contributed by atoms with Crippen molar-refractivity contribution in [2.24, 2.45) is 0 Å². The van der Waals surface area contributed by atoms with Crippen LogP contribution in [0.4, 0.5) is 0 Å². The van der Waals surface area contributed by atoms with E-state index >= 15 is 0 Å². The quantitative estimate of drug-likeness (QED) is 0.405. The molecule has 0 amide bonds. The fourth-order valence-electron chi connectivity index (χ4n) is 2.98. The third-order valence-electron chi connectivity index (χ3n) is 4.28. The third kappa shape index (κ3) is 3.00. The van der Waals surface area contributed by atoms with E-state index in [0.717, 1.165) is 11.3 Å². The zero-order chi connectivity index (χ0) is 19.1. The van der Waals surface area contributed by atoms with E-state index in [1.54, 1.807) is 4.68 Å². The van der Waals surface area contributed by atoms with Crippen LogP contribution in [0.15, 0.2) is 58.6 Å². The molecule has 4 aromatic rings. The summed E-state index contributed by atoms with van der Waals surface area (Å²) in [6, 6.07) is 13.3. The Bertz CT molecular complexity index is 1240. The predicted molar refractivity (Wildman–Crippen MR) is 107 cm³/mol. The molecule has 0 fully saturated rings. The number of aromatic nitrogens is 4. The average molecular weight is 413 g/mol. The van der Waals surface area contributed by atoms with E-state index in [4.69, 9.17) is 21.1 Å². The Morgan fingerprint density at radius 2 is 2.07 bits per heavy atom. The van der Waals surface area contributed by atoms with E-state index in [9.17, 15) is 4.79 Å². The molecule has 3 heterocycles. The number of ether oxygens (including phenoxy) is 2. The summed E-state index contributed by atoms with van der Waals surface area (Å²) in [4.78, 5) is 19.9. The highest BCUT2D eigenvalue weighted by Crippen LogP contribution is 2.40. The van der Waals surface area contributed by atoms with Gasteiger partial charge in [-0.3, -0.25) is 4.79 Å². The molecule has 28 heavy (non-hydrogen) atoms. The molecule has 5 rings (SSSR count). The van der Waals surface area contributed by atoms with Gasteiger partial charge in [0.05, 0.1) is 16.9 Å². The molecule has 1 aliphatic rings. The number of nitrogens with zero attached hydrogens (tertiary/aromatic N) is 3. The van der Waals surface area contributed by atoms with Gasteiger partial charge in [0.15, 0.2) is 22.3 Å². The van der Waals surface area contributed by atoms with E-state index in [1.165, 1.54) is 18.0 Å². The molecule has 2 aromatic heterocycles. The van der Waals surface area contributed by atoms with Gasteiger partial charge in [0.2, 0.25) is 6.79 Å². The molecular weight excluding hydrogens is 400 g/mol. The zero-order valence-electron chi connectivity index (χ0n) is 14.4. The van der Waals surface area contributed by atoms with Crippen LogP contribution in [0.1, 0.15) is 5.56 Å². The van der Waals surface area contributed by atoms with Crippen molar-refractivity contribution >= 4 is 34.4 Å². The first-order valence-corrected chi connectivity index (χ1v) is 9.80. The number of fused-ring (bicyclic) bond motifs is 2. The Hall–Kier alpha value is -2.97. The van der Waals surface area contributed by atoms with Crippen molar-refractivity contribution in [2.45, 2.75) is 10.9 Å². The number of para-hydroxylation sites is 1. The van der Waals surface area contributed by atoms with Crippen molar-refractivity contribution in [3.63, 3.8) is 0 Å². The zero-order valence-corrected chi connectivity index (χ0v) is 16.0. The average Bonchev–Trinajstić information content (AvgIpc) is 3.34. The van der Waals surface area contributed by atoms with Crippen LogP contribution >= 0.6 is 23.4 Å². The number of H-pyrrole nitrogens is 1. The van der Waals surface area contributed by atoms with E-state index in [0.29, 0.717) is 38.5 Å². The van der Waals surface area contributed by atoms with E-state index in [-0.39, 0.29) is 12.4 Å². The van der Waals surface area contributed by atoms with Gasteiger partial charge in [-0.05, 0) is 29.8 Å². The lowest BCUT2D eigenvalue weighted by atomic mass is 10.2. The van der Waals surface area contributed by atoms with Crippen LogP contribution in [0.5, 0.6) is 11.5 Å². The minimum Gasteiger partial charge on any atom is -0.454 e. The monoisotopic (exact) mass is 412 g/mol. The molecular formula is C19H13ClN4O3S. The summed E-state index contributed by atoms with van der Waals surface area (Å²) in [5.41, 5.74) is 2.08. The van der Waals surface area contributed by atoms with Crippen LogP contribution in [0.3, 0.4) is 0 Å². The number of aromatic amines is 1. The number of nitrogens with one attached hydrogen (secondary N) is 1. The van der Waals surface area contributed by atoms with Gasteiger partial charge in [-0.25, -0.2) is 9.67 Å². The molecule has 2 aromatic carbocycles. The maximum absolute atomic E-state index is 12.4. The first-order chi connectivity index (χ1) is 13.7. The third-order valence-corrected chi connectivity index (χ3v) is 5.50. The smallest absolute Gasteiger partial charge is 0.262 e. The maximum atomic E-state index is 12.4. The Morgan fingerprint density at radius 3 is 2.93 bits per heavy atom. The minimum atomic E-state index is -0.224. The van der Waals surface area contributed by atoms with Crippen molar-refractivity contribution in [3.05, 3.63) is 69.6 Å². The highest BCUT2D eigenvalue weighted by molar-refractivity contribution is 7.98. The molecule has 1 aliphatic heterocycles. The molecule has 0 saturated carbocycles. The summed E-state index contributed by atoms with van der Waals surface area (Å²) in [6.07, 6.45) is 1.53. The fourth-order valence-corrected chi connectivity index (χ4v) is 4.05. The second-order valence-corrected chi connectivity index (χ2v) is 7.47. The maximum Gasteiger partial charge on any atom is 0.262 e. The van der Waals surface area contributed by atoms with Crippen molar-refractivity contribution in [3.8, 4) is 17.2 Å². The Labute approximate surface area is 168 Å². The van der Waals surface area contributed by atoms with Crippen molar-refractivity contribution in [1.29, 1.82) is 0 Å². The Balaban J connectivity index is 1.47. The van der Waals surface area contributed by atoms with Crippen LogP contribution in [0.2, 0.25) is 5.02 Å². The predicted octanol–water partition coefficient (Wildman–Crippen LogP) is 3.78. The Kier molecular flexibility index (Phi) is 4.22. The van der Waals surface area contributed by atoms with Crippen LogP contribution in [-0.4, -0.2) is 26.5 Å². The highest BCUT2D eigenvalue weighted by Gasteiger charge is 2.18. The lowest BCUT2D eigenvalue weighted by molar-refractivity contribution is 0.174. The molecule has 1 N–H and O–H groups in total. The number of thioether (sulfide) groups is 1. The molecule has 0 radical (unpaired) electrons. The second kappa shape index (κ2) is 6.88. The molecule has 140 valence electrons. The first kappa shape index (κ1) is 17.2. The number of rotatable bonds is 4. The summed E-state index contributed by atoms with van der Waals surface area (Å²) in [7, 11) is 0. The largest absolute Gasteiger partial charge is 0.454 e. The van der Waals surface area contributed by atoms with Crippen LogP contribution in [0.25, 0.3) is 16.7 Å². The van der Waals surface area contributed by atoms with Crippen molar-refractivity contribution < 1.29 is 9.47 Å². The number of halogens is 1. The summed E-state index contributed by atoms with van der Waals surface area (Å²) in [5, 5.41) is 5.77. The van der Waals surface area contributed by atoms with Gasteiger partial charge in [0.25, 0.3) is 5.56 Å². The fraction of sp³-hybridized carbons (Fsp3) is 0.105. The standard InChI is InChI=1S/C19H13ClN4O3S/c20-14-6-11(7-15-16(14)27-10-26-15)9-28-19-22-17-13(18(25)23-19)8-21-24(17)12-4-2-1-3-5-12/h1-8H,9-10H2,(H,22,23,25). The van der Waals surface area contributed by atoms with Crippen LogP contribution < -0.4 is 15.0 Å². The normalized spacial score (nSPS) is 12.6. The lowest BCUT2D eigenvalue weighted by Crippen LogP contribution is -2.09. The molecule has 0 atom stereocenters. The number of hydrogen-bond acceptors (Lipinski definition) is 6. The molecule has 0 unspecified atom stereocenters.